The molecule has 0 spiro atoms. The fourth-order valence-corrected chi connectivity index (χ4v) is 4.22. The second kappa shape index (κ2) is 9.20. The molecule has 3 heteroatoms. The Hall–Kier alpha value is -2.10. The van der Waals surface area contributed by atoms with E-state index in [0.717, 1.165) is 30.7 Å². The minimum atomic E-state index is 0.0916. The first-order valence-electron chi connectivity index (χ1n) is 9.77. The second-order valence-electron chi connectivity index (χ2n) is 7.85. The van der Waals surface area contributed by atoms with Crippen molar-refractivity contribution in [1.29, 1.82) is 0 Å². The minimum Gasteiger partial charge on any atom is -0.497 e. The number of ether oxygens (including phenoxy) is 1. The van der Waals surface area contributed by atoms with Gasteiger partial charge >= 0.3 is 0 Å². The number of hydrogen-bond donors (Lipinski definition) is 1. The highest BCUT2D eigenvalue weighted by Crippen LogP contribution is 2.42. The summed E-state index contributed by atoms with van der Waals surface area (Å²) in [6.07, 6.45) is 5.74. The summed E-state index contributed by atoms with van der Waals surface area (Å²) >= 11 is 0. The summed E-state index contributed by atoms with van der Waals surface area (Å²) < 4.78 is 5.46. The molecule has 0 saturated heterocycles. The lowest BCUT2D eigenvalue weighted by Crippen LogP contribution is -2.29. The molecule has 3 rings (SSSR count). The molecule has 0 bridgehead atoms. The number of hydrogen-bond acceptors (Lipinski definition) is 3. The Morgan fingerprint density at radius 3 is 2.70 bits per heavy atom. The lowest BCUT2D eigenvalue weighted by Gasteiger charge is -2.35. The quantitative estimate of drug-likeness (QED) is 0.804. The fraction of sp³-hybridized carbons (Fsp3) is 0.417. The van der Waals surface area contributed by atoms with Gasteiger partial charge < -0.3 is 14.7 Å². The number of nitrogens with zero attached hydrogens (tertiary/aromatic N) is 1. The first-order valence-corrected chi connectivity index (χ1v) is 9.77. The van der Waals surface area contributed by atoms with E-state index in [1.54, 1.807) is 7.11 Å². The van der Waals surface area contributed by atoms with Crippen molar-refractivity contribution < 1.29 is 9.84 Å². The number of allylic oxidation sites excluding steroid dienone is 1. The average Bonchev–Trinajstić information content (AvgIpc) is 2.69. The Morgan fingerprint density at radius 2 is 1.96 bits per heavy atom. The highest BCUT2D eigenvalue weighted by molar-refractivity contribution is 5.54. The molecule has 2 aromatic rings. The maximum atomic E-state index is 9.39. The van der Waals surface area contributed by atoms with Crippen molar-refractivity contribution in [2.75, 3.05) is 27.7 Å². The van der Waals surface area contributed by atoms with Crippen LogP contribution in [0.25, 0.3) is 6.08 Å². The van der Waals surface area contributed by atoms with Gasteiger partial charge in [0, 0.05) is 6.54 Å². The SMILES string of the molecule is COc1cccc(C2CC(=Cc3cccc(CO)c3)CCC2CN(C)C)c1. The Kier molecular flexibility index (Phi) is 6.70. The Labute approximate surface area is 163 Å². The van der Waals surface area contributed by atoms with Gasteiger partial charge in [-0.25, -0.2) is 0 Å². The molecule has 2 atom stereocenters. The predicted molar refractivity (Wildman–Crippen MR) is 112 cm³/mol. The molecule has 1 aliphatic carbocycles. The smallest absolute Gasteiger partial charge is 0.119 e. The van der Waals surface area contributed by atoms with Gasteiger partial charge in [-0.15, -0.1) is 0 Å². The van der Waals surface area contributed by atoms with Crippen LogP contribution in [0.5, 0.6) is 5.75 Å². The molecule has 1 saturated carbocycles. The van der Waals surface area contributed by atoms with E-state index in [1.165, 1.54) is 23.1 Å². The Balaban J connectivity index is 1.87. The summed E-state index contributed by atoms with van der Waals surface area (Å²) in [4.78, 5) is 2.30. The van der Waals surface area contributed by atoms with Crippen LogP contribution in [0.2, 0.25) is 0 Å². The Bertz CT molecular complexity index is 781. The summed E-state index contributed by atoms with van der Waals surface area (Å²) in [6, 6.07) is 16.8. The van der Waals surface area contributed by atoms with Crippen LogP contribution in [-0.2, 0) is 6.61 Å². The summed E-state index contributed by atoms with van der Waals surface area (Å²) in [6.45, 7) is 1.20. The van der Waals surface area contributed by atoms with Gasteiger partial charge in [-0.3, -0.25) is 0 Å². The monoisotopic (exact) mass is 365 g/mol. The first-order chi connectivity index (χ1) is 13.1. The number of benzene rings is 2. The van der Waals surface area contributed by atoms with Crippen molar-refractivity contribution in [2.45, 2.75) is 31.8 Å². The lowest BCUT2D eigenvalue weighted by atomic mass is 9.73. The van der Waals surface area contributed by atoms with Crippen molar-refractivity contribution in [3.05, 3.63) is 70.8 Å². The lowest BCUT2D eigenvalue weighted by molar-refractivity contribution is 0.256. The van der Waals surface area contributed by atoms with E-state index in [4.69, 9.17) is 4.74 Å². The molecule has 1 N–H and O–H groups in total. The van der Waals surface area contributed by atoms with Gasteiger partial charge in [0.15, 0.2) is 0 Å². The maximum absolute atomic E-state index is 9.39. The molecule has 0 amide bonds. The zero-order valence-electron chi connectivity index (χ0n) is 16.7. The average molecular weight is 366 g/mol. The number of rotatable bonds is 6. The van der Waals surface area contributed by atoms with Crippen molar-refractivity contribution in [2.24, 2.45) is 5.92 Å². The first kappa shape index (κ1) is 19.7. The van der Waals surface area contributed by atoms with Crippen molar-refractivity contribution in [3.63, 3.8) is 0 Å². The standard InChI is InChI=1S/C24H31NO2/c1-25(2)16-22-11-10-19(12-18-6-4-7-20(13-18)17-26)14-24(22)21-8-5-9-23(15-21)27-3/h4-9,12-13,15,22,24,26H,10-11,14,16-17H2,1-3H3. The third-order valence-corrected chi connectivity index (χ3v) is 5.51. The zero-order valence-corrected chi connectivity index (χ0v) is 16.7. The van der Waals surface area contributed by atoms with E-state index in [1.807, 2.05) is 18.2 Å². The van der Waals surface area contributed by atoms with Crippen LogP contribution in [0.3, 0.4) is 0 Å². The molecule has 0 aliphatic heterocycles. The largest absolute Gasteiger partial charge is 0.497 e. The summed E-state index contributed by atoms with van der Waals surface area (Å²) in [5.74, 6) is 2.08. The predicted octanol–water partition coefficient (Wildman–Crippen LogP) is 4.72. The van der Waals surface area contributed by atoms with Gasteiger partial charge in [0.1, 0.15) is 5.75 Å². The minimum absolute atomic E-state index is 0.0916. The zero-order chi connectivity index (χ0) is 19.2. The van der Waals surface area contributed by atoms with Crippen molar-refractivity contribution >= 4 is 6.08 Å². The molecular formula is C24H31NO2. The summed E-state index contributed by atoms with van der Waals surface area (Å²) in [5.41, 5.74) is 5.02. The van der Waals surface area contributed by atoms with Gasteiger partial charge in [-0.2, -0.15) is 0 Å². The van der Waals surface area contributed by atoms with E-state index in [2.05, 4.69) is 55.4 Å². The summed E-state index contributed by atoms with van der Waals surface area (Å²) in [5, 5.41) is 9.39. The molecule has 1 aliphatic rings. The number of aliphatic hydroxyl groups is 1. The van der Waals surface area contributed by atoms with Crippen LogP contribution in [0, 0.1) is 5.92 Å². The van der Waals surface area contributed by atoms with Crippen LogP contribution in [0.15, 0.2) is 54.1 Å². The number of aliphatic hydroxyl groups excluding tert-OH is 1. The van der Waals surface area contributed by atoms with Gasteiger partial charge in [-0.1, -0.05) is 42.0 Å². The molecule has 2 aromatic carbocycles. The highest BCUT2D eigenvalue weighted by Gasteiger charge is 2.29. The highest BCUT2D eigenvalue weighted by atomic mass is 16.5. The molecule has 144 valence electrons. The van der Waals surface area contributed by atoms with Gasteiger partial charge in [-0.05, 0) is 80.1 Å². The van der Waals surface area contributed by atoms with Gasteiger partial charge in [0.2, 0.25) is 0 Å². The van der Waals surface area contributed by atoms with Crippen LogP contribution in [0.4, 0.5) is 0 Å². The van der Waals surface area contributed by atoms with Crippen LogP contribution in [-0.4, -0.2) is 37.8 Å². The molecule has 2 unspecified atom stereocenters. The van der Waals surface area contributed by atoms with E-state index in [-0.39, 0.29) is 6.61 Å². The van der Waals surface area contributed by atoms with E-state index in [9.17, 15) is 5.11 Å². The summed E-state index contributed by atoms with van der Waals surface area (Å²) in [7, 11) is 6.06. The molecule has 1 fully saturated rings. The Morgan fingerprint density at radius 1 is 1.15 bits per heavy atom. The molecule has 3 nitrogen and oxygen atoms in total. The second-order valence-corrected chi connectivity index (χ2v) is 7.85. The maximum Gasteiger partial charge on any atom is 0.119 e. The van der Waals surface area contributed by atoms with E-state index >= 15 is 0 Å². The van der Waals surface area contributed by atoms with Crippen molar-refractivity contribution in [1.82, 2.24) is 4.90 Å². The topological polar surface area (TPSA) is 32.7 Å². The van der Waals surface area contributed by atoms with E-state index in [0.29, 0.717) is 11.8 Å². The van der Waals surface area contributed by atoms with Crippen LogP contribution >= 0.6 is 0 Å². The molecular weight excluding hydrogens is 334 g/mol. The molecule has 27 heavy (non-hydrogen) atoms. The third-order valence-electron chi connectivity index (χ3n) is 5.51. The normalized spacial score (nSPS) is 21.6. The fourth-order valence-electron chi connectivity index (χ4n) is 4.22. The molecule has 0 aromatic heterocycles. The van der Waals surface area contributed by atoms with E-state index < -0.39 is 0 Å². The van der Waals surface area contributed by atoms with Gasteiger partial charge in [0.05, 0.1) is 13.7 Å². The number of methoxy groups -OCH3 is 1. The van der Waals surface area contributed by atoms with Gasteiger partial charge in [0.25, 0.3) is 0 Å². The van der Waals surface area contributed by atoms with Crippen molar-refractivity contribution in [3.8, 4) is 5.75 Å². The molecule has 0 radical (unpaired) electrons. The van der Waals surface area contributed by atoms with Crippen LogP contribution in [0.1, 0.15) is 41.9 Å². The van der Waals surface area contributed by atoms with Crippen LogP contribution < -0.4 is 4.74 Å². The molecule has 0 heterocycles. The third kappa shape index (κ3) is 5.21.